The second kappa shape index (κ2) is 7.07. The highest BCUT2D eigenvalue weighted by Gasteiger charge is 2.35. The number of carbonyl (C=O) groups is 3. The molecule has 0 aliphatic carbocycles. The summed E-state index contributed by atoms with van der Waals surface area (Å²) in [6, 6.07) is 12.3. The first kappa shape index (κ1) is 17.2. The Hall–Kier alpha value is -2.66. The van der Waals surface area contributed by atoms with Gasteiger partial charge in [-0.25, -0.2) is 0 Å². The molecule has 0 atom stereocenters. The number of aryl methyl sites for hydroxylation is 1. The lowest BCUT2D eigenvalue weighted by Gasteiger charge is -2.14. The van der Waals surface area contributed by atoms with Crippen LogP contribution in [0, 0.1) is 6.92 Å². The molecule has 3 rings (SSSR count). The van der Waals surface area contributed by atoms with Crippen LogP contribution in [0.25, 0.3) is 0 Å². The average Bonchev–Trinajstić information content (AvgIpc) is 2.79. The Labute approximate surface area is 150 Å². The first-order valence-electron chi connectivity index (χ1n) is 7.93. The number of imide groups is 1. The molecular formula is C19H17ClN2O3. The van der Waals surface area contributed by atoms with Crippen LogP contribution in [0.3, 0.4) is 0 Å². The molecule has 3 amide bonds. The largest absolute Gasteiger partial charge is 0.354 e. The van der Waals surface area contributed by atoms with Crippen molar-refractivity contribution in [2.45, 2.75) is 13.3 Å². The molecule has 1 aliphatic heterocycles. The fraction of sp³-hybridized carbons (Fsp3) is 0.211. The van der Waals surface area contributed by atoms with E-state index in [9.17, 15) is 14.4 Å². The van der Waals surface area contributed by atoms with Crippen molar-refractivity contribution in [1.29, 1.82) is 0 Å². The first-order chi connectivity index (χ1) is 12.0. The molecule has 0 radical (unpaired) electrons. The summed E-state index contributed by atoms with van der Waals surface area (Å²) in [6.45, 7) is 2.31. The number of hydrogen-bond donors (Lipinski definition) is 1. The molecule has 2 aromatic rings. The van der Waals surface area contributed by atoms with Gasteiger partial charge in [-0.3, -0.25) is 19.3 Å². The summed E-state index contributed by atoms with van der Waals surface area (Å²) in [6.07, 6.45) is 0.263. The van der Waals surface area contributed by atoms with E-state index in [1.165, 1.54) is 6.07 Å². The van der Waals surface area contributed by atoms with E-state index in [4.69, 9.17) is 11.6 Å². The van der Waals surface area contributed by atoms with Gasteiger partial charge in [0.15, 0.2) is 0 Å². The van der Waals surface area contributed by atoms with Crippen LogP contribution in [0.15, 0.2) is 42.5 Å². The van der Waals surface area contributed by atoms with Gasteiger partial charge in [-0.2, -0.15) is 0 Å². The predicted molar refractivity (Wildman–Crippen MR) is 94.7 cm³/mol. The Bertz CT molecular complexity index is 863. The number of amides is 3. The van der Waals surface area contributed by atoms with Crippen molar-refractivity contribution < 1.29 is 14.4 Å². The van der Waals surface area contributed by atoms with E-state index in [2.05, 4.69) is 5.32 Å². The number of fused-ring (bicyclic) bond motifs is 1. The third-order valence-corrected chi connectivity index (χ3v) is 4.27. The van der Waals surface area contributed by atoms with Crippen LogP contribution in [0.4, 0.5) is 0 Å². The summed E-state index contributed by atoms with van der Waals surface area (Å²) < 4.78 is 0. The third kappa shape index (κ3) is 3.72. The molecule has 0 fully saturated rings. The second-order valence-corrected chi connectivity index (χ2v) is 6.40. The van der Waals surface area contributed by atoms with Crippen molar-refractivity contribution in [1.82, 2.24) is 10.2 Å². The average molecular weight is 357 g/mol. The van der Waals surface area contributed by atoms with Crippen molar-refractivity contribution in [3.63, 3.8) is 0 Å². The van der Waals surface area contributed by atoms with Crippen LogP contribution in [-0.4, -0.2) is 35.7 Å². The molecular weight excluding hydrogens is 340 g/mol. The quantitative estimate of drug-likeness (QED) is 0.837. The summed E-state index contributed by atoms with van der Waals surface area (Å²) in [4.78, 5) is 37.7. The fourth-order valence-corrected chi connectivity index (χ4v) is 3.02. The van der Waals surface area contributed by atoms with Crippen molar-refractivity contribution >= 4 is 29.3 Å². The van der Waals surface area contributed by atoms with Crippen molar-refractivity contribution in [3.05, 3.63) is 69.7 Å². The van der Waals surface area contributed by atoms with Gasteiger partial charge in [-0.15, -0.1) is 0 Å². The molecule has 0 unspecified atom stereocenters. The van der Waals surface area contributed by atoms with E-state index in [1.54, 1.807) is 12.1 Å². The fourth-order valence-electron chi connectivity index (χ4n) is 2.84. The zero-order chi connectivity index (χ0) is 18.0. The van der Waals surface area contributed by atoms with Gasteiger partial charge in [-0.1, -0.05) is 41.4 Å². The van der Waals surface area contributed by atoms with Gasteiger partial charge in [0.25, 0.3) is 11.8 Å². The molecule has 0 spiro atoms. The van der Waals surface area contributed by atoms with Crippen LogP contribution >= 0.6 is 11.6 Å². The Morgan fingerprint density at radius 2 is 1.84 bits per heavy atom. The SMILES string of the molecule is Cc1cccc(CC(=O)NCCN2C(=O)c3ccc(Cl)cc3C2=O)c1. The lowest BCUT2D eigenvalue weighted by atomic mass is 10.1. The number of nitrogens with one attached hydrogen (secondary N) is 1. The lowest BCUT2D eigenvalue weighted by molar-refractivity contribution is -0.120. The monoisotopic (exact) mass is 356 g/mol. The van der Waals surface area contributed by atoms with Crippen LogP contribution < -0.4 is 5.32 Å². The third-order valence-electron chi connectivity index (χ3n) is 4.04. The number of nitrogens with zero attached hydrogens (tertiary/aromatic N) is 1. The molecule has 1 heterocycles. The molecule has 0 saturated carbocycles. The zero-order valence-electron chi connectivity index (χ0n) is 13.7. The number of benzene rings is 2. The highest BCUT2D eigenvalue weighted by Crippen LogP contribution is 2.25. The van der Waals surface area contributed by atoms with Crippen molar-refractivity contribution in [3.8, 4) is 0 Å². The Morgan fingerprint density at radius 1 is 1.08 bits per heavy atom. The summed E-state index contributed by atoms with van der Waals surface area (Å²) in [5.41, 5.74) is 2.67. The molecule has 6 heteroatoms. The number of carbonyl (C=O) groups excluding carboxylic acids is 3. The number of hydrogen-bond acceptors (Lipinski definition) is 3. The predicted octanol–water partition coefficient (Wildman–Crippen LogP) is 2.60. The molecule has 128 valence electrons. The lowest BCUT2D eigenvalue weighted by Crippen LogP contribution is -2.38. The Morgan fingerprint density at radius 3 is 2.60 bits per heavy atom. The van der Waals surface area contributed by atoms with Crippen LogP contribution in [-0.2, 0) is 11.2 Å². The smallest absolute Gasteiger partial charge is 0.261 e. The van der Waals surface area contributed by atoms with Gasteiger partial charge >= 0.3 is 0 Å². The maximum Gasteiger partial charge on any atom is 0.261 e. The van der Waals surface area contributed by atoms with E-state index in [0.29, 0.717) is 16.1 Å². The highest BCUT2D eigenvalue weighted by atomic mass is 35.5. The van der Waals surface area contributed by atoms with Crippen LogP contribution in [0.5, 0.6) is 0 Å². The van der Waals surface area contributed by atoms with E-state index in [1.807, 2.05) is 31.2 Å². The van der Waals surface area contributed by atoms with Crippen LogP contribution in [0.2, 0.25) is 5.02 Å². The van der Waals surface area contributed by atoms with E-state index in [-0.39, 0.29) is 37.2 Å². The molecule has 0 aromatic heterocycles. The topological polar surface area (TPSA) is 66.5 Å². The van der Waals surface area contributed by atoms with Gasteiger partial charge in [0.05, 0.1) is 17.5 Å². The summed E-state index contributed by atoms with van der Waals surface area (Å²) in [5.74, 6) is -0.884. The van der Waals surface area contributed by atoms with Crippen molar-refractivity contribution in [2.24, 2.45) is 0 Å². The minimum absolute atomic E-state index is 0.128. The van der Waals surface area contributed by atoms with E-state index < -0.39 is 0 Å². The Kier molecular flexibility index (Phi) is 4.86. The van der Waals surface area contributed by atoms with Gasteiger partial charge in [0.2, 0.25) is 5.91 Å². The van der Waals surface area contributed by atoms with Gasteiger partial charge in [0, 0.05) is 18.1 Å². The number of rotatable bonds is 5. The van der Waals surface area contributed by atoms with Gasteiger partial charge in [-0.05, 0) is 30.7 Å². The number of halogens is 1. The summed E-state index contributed by atoms with van der Waals surface area (Å²) in [7, 11) is 0. The Balaban J connectivity index is 1.55. The van der Waals surface area contributed by atoms with E-state index >= 15 is 0 Å². The maximum absolute atomic E-state index is 12.3. The normalized spacial score (nSPS) is 13.1. The molecule has 5 nitrogen and oxygen atoms in total. The van der Waals surface area contributed by atoms with Gasteiger partial charge < -0.3 is 5.32 Å². The minimum atomic E-state index is -0.379. The summed E-state index contributed by atoms with van der Waals surface area (Å²) in [5, 5.41) is 3.16. The molecule has 0 saturated heterocycles. The minimum Gasteiger partial charge on any atom is -0.354 e. The molecule has 1 N–H and O–H groups in total. The maximum atomic E-state index is 12.3. The molecule has 0 bridgehead atoms. The van der Waals surface area contributed by atoms with Crippen LogP contribution in [0.1, 0.15) is 31.8 Å². The molecule has 25 heavy (non-hydrogen) atoms. The zero-order valence-corrected chi connectivity index (χ0v) is 14.5. The molecule has 1 aliphatic rings. The second-order valence-electron chi connectivity index (χ2n) is 5.97. The molecule has 2 aromatic carbocycles. The van der Waals surface area contributed by atoms with Crippen molar-refractivity contribution in [2.75, 3.05) is 13.1 Å². The highest BCUT2D eigenvalue weighted by molar-refractivity contribution is 6.32. The van der Waals surface area contributed by atoms with E-state index in [0.717, 1.165) is 16.0 Å². The van der Waals surface area contributed by atoms with Gasteiger partial charge in [0.1, 0.15) is 0 Å². The standard InChI is InChI=1S/C19H17ClN2O3/c1-12-3-2-4-13(9-12)10-17(23)21-7-8-22-18(24)15-6-5-14(20)11-16(15)19(22)25/h2-6,9,11H,7-8,10H2,1H3,(H,21,23). The first-order valence-corrected chi connectivity index (χ1v) is 8.31. The summed E-state index contributed by atoms with van der Waals surface area (Å²) >= 11 is 5.88.